The van der Waals surface area contributed by atoms with E-state index in [0.29, 0.717) is 0 Å². The van der Waals surface area contributed by atoms with Gasteiger partial charge in [0.15, 0.2) is 11.5 Å². The van der Waals surface area contributed by atoms with Crippen molar-refractivity contribution in [2.45, 2.75) is 20.1 Å². The Morgan fingerprint density at radius 3 is 2.61 bits per heavy atom. The summed E-state index contributed by atoms with van der Waals surface area (Å²) in [5.74, 6) is -0.707. The summed E-state index contributed by atoms with van der Waals surface area (Å²) in [6, 6.07) is 12.0. The van der Waals surface area contributed by atoms with Crippen molar-refractivity contribution in [1.29, 1.82) is 0 Å². The second-order valence-electron chi connectivity index (χ2n) is 4.89. The molecule has 0 unspecified atom stereocenters. The Bertz CT molecular complexity index is 689. The minimum Gasteiger partial charge on any atom is -0.493 e. The highest BCUT2D eigenvalue weighted by atomic mass is 19.3. The Hall–Kier alpha value is -2.63. The summed E-state index contributed by atoms with van der Waals surface area (Å²) >= 11 is 0. The molecular weight excluding hydrogens is 304 g/mol. The molecule has 0 atom stereocenters. The van der Waals surface area contributed by atoms with Crippen molar-refractivity contribution in [3.8, 4) is 11.5 Å². The molecule has 122 valence electrons. The van der Waals surface area contributed by atoms with Crippen LogP contribution in [0.5, 0.6) is 11.5 Å². The fourth-order valence-corrected chi connectivity index (χ4v) is 2.17. The molecule has 0 aliphatic heterocycles. The summed E-state index contributed by atoms with van der Waals surface area (Å²) in [4.78, 5) is 12.3. The van der Waals surface area contributed by atoms with Crippen molar-refractivity contribution < 1.29 is 23.0 Å². The molecule has 2 rings (SSSR count). The summed E-state index contributed by atoms with van der Waals surface area (Å²) in [6.07, 6.45) is 0. The largest absolute Gasteiger partial charge is 0.493 e. The van der Waals surface area contributed by atoms with E-state index in [1.807, 2.05) is 31.2 Å². The zero-order chi connectivity index (χ0) is 16.8. The second-order valence-corrected chi connectivity index (χ2v) is 4.89. The number of alkyl halides is 2. The van der Waals surface area contributed by atoms with Gasteiger partial charge in [-0.2, -0.15) is 8.78 Å². The Morgan fingerprint density at radius 2 is 1.96 bits per heavy atom. The van der Waals surface area contributed by atoms with Gasteiger partial charge in [-0.3, -0.25) is 4.79 Å². The molecule has 0 saturated heterocycles. The molecule has 0 saturated carbocycles. The van der Waals surface area contributed by atoms with Gasteiger partial charge in [-0.15, -0.1) is 0 Å². The van der Waals surface area contributed by atoms with Crippen LogP contribution in [0.4, 0.5) is 8.78 Å². The van der Waals surface area contributed by atoms with Crippen LogP contribution in [0.2, 0.25) is 0 Å². The van der Waals surface area contributed by atoms with Crippen molar-refractivity contribution in [3.05, 3.63) is 59.2 Å². The SMILES string of the molecule is COc1cccc(C(=O)NCc2cccc(C)c2)c1OC(F)F. The lowest BCUT2D eigenvalue weighted by Gasteiger charge is -2.14. The molecule has 0 heterocycles. The van der Waals surface area contributed by atoms with Gasteiger partial charge in [0, 0.05) is 6.54 Å². The van der Waals surface area contributed by atoms with E-state index in [2.05, 4.69) is 10.1 Å². The summed E-state index contributed by atoms with van der Waals surface area (Å²) in [5.41, 5.74) is 1.98. The van der Waals surface area contributed by atoms with Gasteiger partial charge in [-0.1, -0.05) is 35.9 Å². The smallest absolute Gasteiger partial charge is 0.387 e. The van der Waals surface area contributed by atoms with Gasteiger partial charge in [0.2, 0.25) is 0 Å². The lowest BCUT2D eigenvalue weighted by Crippen LogP contribution is -2.24. The topological polar surface area (TPSA) is 47.6 Å². The van der Waals surface area contributed by atoms with Crippen LogP contribution in [0.15, 0.2) is 42.5 Å². The lowest BCUT2D eigenvalue weighted by atomic mass is 10.1. The van der Waals surface area contributed by atoms with Crippen LogP contribution in [-0.2, 0) is 6.54 Å². The van der Waals surface area contributed by atoms with Crippen LogP contribution in [0.1, 0.15) is 21.5 Å². The third-order valence-electron chi connectivity index (χ3n) is 3.19. The van der Waals surface area contributed by atoms with E-state index in [0.717, 1.165) is 11.1 Å². The quantitative estimate of drug-likeness (QED) is 0.885. The number of para-hydroxylation sites is 1. The Kier molecular flexibility index (Phi) is 5.51. The highest BCUT2D eigenvalue weighted by Crippen LogP contribution is 2.32. The molecule has 0 spiro atoms. The molecule has 2 aromatic carbocycles. The van der Waals surface area contributed by atoms with Crippen molar-refractivity contribution in [3.63, 3.8) is 0 Å². The average molecular weight is 321 g/mol. The molecule has 1 amide bonds. The number of nitrogens with one attached hydrogen (secondary N) is 1. The van der Waals surface area contributed by atoms with E-state index < -0.39 is 12.5 Å². The fourth-order valence-electron chi connectivity index (χ4n) is 2.17. The van der Waals surface area contributed by atoms with Gasteiger partial charge >= 0.3 is 6.61 Å². The molecule has 23 heavy (non-hydrogen) atoms. The first-order valence-corrected chi connectivity index (χ1v) is 6.97. The zero-order valence-electron chi connectivity index (χ0n) is 12.8. The van der Waals surface area contributed by atoms with E-state index in [1.54, 1.807) is 6.07 Å². The number of ether oxygens (including phenoxy) is 2. The molecule has 4 nitrogen and oxygen atoms in total. The minimum atomic E-state index is -3.05. The third kappa shape index (κ3) is 4.42. The maximum Gasteiger partial charge on any atom is 0.387 e. The number of methoxy groups -OCH3 is 1. The number of hydrogen-bond acceptors (Lipinski definition) is 3. The molecule has 0 aliphatic rings. The summed E-state index contributed by atoms with van der Waals surface area (Å²) in [5, 5.41) is 2.69. The summed E-state index contributed by atoms with van der Waals surface area (Å²) in [6.45, 7) is -0.817. The Morgan fingerprint density at radius 1 is 1.22 bits per heavy atom. The van der Waals surface area contributed by atoms with Crippen molar-refractivity contribution in [1.82, 2.24) is 5.32 Å². The van der Waals surface area contributed by atoms with Crippen LogP contribution < -0.4 is 14.8 Å². The molecule has 0 fully saturated rings. The predicted octanol–water partition coefficient (Wildman–Crippen LogP) is 3.54. The van der Waals surface area contributed by atoms with Crippen molar-refractivity contribution in [2.24, 2.45) is 0 Å². The normalized spacial score (nSPS) is 10.5. The van der Waals surface area contributed by atoms with Gasteiger partial charge in [0.05, 0.1) is 12.7 Å². The van der Waals surface area contributed by atoms with Gasteiger partial charge < -0.3 is 14.8 Å². The summed E-state index contributed by atoms with van der Waals surface area (Å²) < 4.78 is 34.5. The van der Waals surface area contributed by atoms with Crippen molar-refractivity contribution in [2.75, 3.05) is 7.11 Å². The number of hydrogen-bond donors (Lipinski definition) is 1. The Balaban J connectivity index is 2.18. The van der Waals surface area contributed by atoms with Crippen molar-refractivity contribution >= 4 is 5.91 Å². The Labute approximate surface area is 133 Å². The van der Waals surface area contributed by atoms with Gasteiger partial charge in [0.1, 0.15) is 0 Å². The standard InChI is InChI=1S/C17H17F2NO3/c1-11-5-3-6-12(9-11)10-20-16(21)13-7-4-8-14(22-2)15(13)23-17(18)19/h3-9,17H,10H2,1-2H3,(H,20,21). The van der Waals surface area contributed by atoms with Crippen LogP contribution >= 0.6 is 0 Å². The molecule has 1 N–H and O–H groups in total. The highest BCUT2D eigenvalue weighted by Gasteiger charge is 2.20. The van der Waals surface area contributed by atoms with Crippen LogP contribution in [0, 0.1) is 6.92 Å². The molecule has 0 aromatic heterocycles. The van der Waals surface area contributed by atoms with E-state index in [-0.39, 0.29) is 23.6 Å². The second kappa shape index (κ2) is 7.58. The van der Waals surface area contributed by atoms with E-state index in [9.17, 15) is 13.6 Å². The molecule has 6 heteroatoms. The van der Waals surface area contributed by atoms with E-state index >= 15 is 0 Å². The van der Waals surface area contributed by atoms with E-state index in [4.69, 9.17) is 4.74 Å². The minimum absolute atomic E-state index is 0.00250. The average Bonchev–Trinajstić information content (AvgIpc) is 2.52. The van der Waals surface area contributed by atoms with Crippen LogP contribution in [0.25, 0.3) is 0 Å². The first-order valence-electron chi connectivity index (χ1n) is 6.97. The molecule has 0 bridgehead atoms. The number of carbonyl (C=O) groups is 1. The lowest BCUT2D eigenvalue weighted by molar-refractivity contribution is -0.0515. The maximum absolute atomic E-state index is 12.6. The highest BCUT2D eigenvalue weighted by molar-refractivity contribution is 5.97. The summed E-state index contributed by atoms with van der Waals surface area (Å²) in [7, 11) is 1.32. The first-order chi connectivity index (χ1) is 11.0. The fraction of sp³-hybridized carbons (Fsp3) is 0.235. The van der Waals surface area contributed by atoms with Crippen LogP contribution in [-0.4, -0.2) is 19.6 Å². The number of rotatable bonds is 6. The first kappa shape index (κ1) is 16.7. The zero-order valence-corrected chi connectivity index (χ0v) is 12.8. The maximum atomic E-state index is 12.6. The third-order valence-corrected chi connectivity index (χ3v) is 3.19. The molecule has 0 aliphatic carbocycles. The van der Waals surface area contributed by atoms with Crippen LogP contribution in [0.3, 0.4) is 0 Å². The molecular formula is C17H17F2NO3. The molecule has 0 radical (unpaired) electrons. The number of halogens is 2. The van der Waals surface area contributed by atoms with E-state index in [1.165, 1.54) is 19.2 Å². The monoisotopic (exact) mass is 321 g/mol. The predicted molar refractivity (Wildman–Crippen MR) is 82.0 cm³/mol. The number of aryl methyl sites for hydroxylation is 1. The van der Waals surface area contributed by atoms with Gasteiger partial charge in [0.25, 0.3) is 5.91 Å². The number of amides is 1. The van der Waals surface area contributed by atoms with Gasteiger partial charge in [-0.05, 0) is 24.6 Å². The number of carbonyl (C=O) groups excluding carboxylic acids is 1. The van der Waals surface area contributed by atoms with Gasteiger partial charge in [-0.25, -0.2) is 0 Å². The number of benzene rings is 2. The molecule has 2 aromatic rings.